The second-order valence-corrected chi connectivity index (χ2v) is 12.3. The Morgan fingerprint density at radius 3 is 1.79 bits per heavy atom. The van der Waals surface area contributed by atoms with Gasteiger partial charge in [-0.25, -0.2) is 0 Å². The number of hydrogen-bond donors (Lipinski definition) is 0. The lowest BCUT2D eigenvalue weighted by atomic mass is 9.73. The number of hydrogen-bond acceptors (Lipinski definition) is 1. The predicted molar refractivity (Wildman–Crippen MR) is 165 cm³/mol. The van der Waals surface area contributed by atoms with Gasteiger partial charge in [0.25, 0.3) is 0 Å². The molecule has 0 saturated heterocycles. The SMILES string of the molecule is Cn1c2ccccc2c2cc3c(cc21)-c1ccc(N2c4ccccc4C(C)(C)c4ccccc42)cc1C3(C)C. The number of aromatic nitrogens is 1. The molecule has 0 radical (unpaired) electrons. The summed E-state index contributed by atoms with van der Waals surface area (Å²) in [4.78, 5) is 2.47. The fraction of sp³-hybridized carbons (Fsp3) is 0.189. The molecule has 2 nitrogen and oxygen atoms in total. The van der Waals surface area contributed by atoms with Gasteiger partial charge >= 0.3 is 0 Å². The summed E-state index contributed by atoms with van der Waals surface area (Å²) in [6, 6.07) is 38.6. The van der Waals surface area contributed by atoms with Gasteiger partial charge in [0.05, 0.1) is 11.4 Å². The highest BCUT2D eigenvalue weighted by atomic mass is 15.2. The van der Waals surface area contributed by atoms with Gasteiger partial charge in [0, 0.05) is 45.4 Å². The third-order valence-corrected chi connectivity index (χ3v) is 9.59. The van der Waals surface area contributed by atoms with Gasteiger partial charge in [-0.2, -0.15) is 0 Å². The van der Waals surface area contributed by atoms with E-state index in [2.05, 4.69) is 147 Å². The second kappa shape index (κ2) is 7.42. The maximum absolute atomic E-state index is 2.47. The molecule has 0 bridgehead atoms. The van der Waals surface area contributed by atoms with E-state index >= 15 is 0 Å². The smallest absolute Gasteiger partial charge is 0.0502 e. The molecule has 5 aromatic carbocycles. The number of rotatable bonds is 1. The average Bonchev–Trinajstić information content (AvgIpc) is 3.35. The summed E-state index contributed by atoms with van der Waals surface area (Å²) in [6.07, 6.45) is 0. The summed E-state index contributed by atoms with van der Waals surface area (Å²) < 4.78 is 2.34. The summed E-state index contributed by atoms with van der Waals surface area (Å²) >= 11 is 0. The molecule has 39 heavy (non-hydrogen) atoms. The predicted octanol–water partition coefficient (Wildman–Crippen LogP) is 9.75. The van der Waals surface area contributed by atoms with Crippen LogP contribution in [0.5, 0.6) is 0 Å². The van der Waals surface area contributed by atoms with E-state index in [-0.39, 0.29) is 10.8 Å². The molecule has 8 rings (SSSR count). The van der Waals surface area contributed by atoms with Gasteiger partial charge in [-0.05, 0) is 75.8 Å². The quantitative estimate of drug-likeness (QED) is 0.216. The molecule has 2 heteroatoms. The molecule has 0 unspecified atom stereocenters. The lowest BCUT2D eigenvalue weighted by Gasteiger charge is -2.42. The molecule has 1 aromatic heterocycles. The maximum Gasteiger partial charge on any atom is 0.0502 e. The molecule has 1 aliphatic carbocycles. The van der Waals surface area contributed by atoms with Crippen molar-refractivity contribution in [2.45, 2.75) is 38.5 Å². The first-order chi connectivity index (χ1) is 18.8. The number of nitrogens with zero attached hydrogens (tertiary/aromatic N) is 2. The Labute approximate surface area is 230 Å². The summed E-state index contributed by atoms with van der Waals surface area (Å²) in [7, 11) is 2.19. The van der Waals surface area contributed by atoms with Gasteiger partial charge in [0.2, 0.25) is 0 Å². The first-order valence-electron chi connectivity index (χ1n) is 13.9. The summed E-state index contributed by atoms with van der Waals surface area (Å²) in [5.74, 6) is 0. The van der Waals surface area contributed by atoms with Crippen molar-refractivity contribution in [3.05, 3.63) is 125 Å². The minimum atomic E-state index is -0.0973. The minimum Gasteiger partial charge on any atom is -0.344 e. The maximum atomic E-state index is 2.47. The zero-order chi connectivity index (χ0) is 26.7. The van der Waals surface area contributed by atoms with Crippen molar-refractivity contribution in [3.63, 3.8) is 0 Å². The van der Waals surface area contributed by atoms with Crippen molar-refractivity contribution in [3.8, 4) is 11.1 Å². The molecule has 0 spiro atoms. The highest BCUT2D eigenvalue weighted by Crippen LogP contribution is 2.55. The summed E-state index contributed by atoms with van der Waals surface area (Å²) in [5.41, 5.74) is 14.4. The van der Waals surface area contributed by atoms with E-state index in [0.29, 0.717) is 0 Å². The fourth-order valence-electron chi connectivity index (χ4n) is 7.46. The van der Waals surface area contributed by atoms with Gasteiger partial charge in [0.15, 0.2) is 0 Å². The van der Waals surface area contributed by atoms with Crippen LogP contribution in [0.15, 0.2) is 103 Å². The summed E-state index contributed by atoms with van der Waals surface area (Å²) in [5, 5.41) is 2.67. The minimum absolute atomic E-state index is 0.0567. The first-order valence-corrected chi connectivity index (χ1v) is 13.9. The third-order valence-electron chi connectivity index (χ3n) is 9.59. The largest absolute Gasteiger partial charge is 0.344 e. The van der Waals surface area contributed by atoms with E-state index in [1.807, 2.05) is 0 Å². The van der Waals surface area contributed by atoms with E-state index in [1.54, 1.807) is 0 Å². The molecular formula is C37H32N2. The Hall–Kier alpha value is -4.30. The van der Waals surface area contributed by atoms with Crippen LogP contribution >= 0.6 is 0 Å². The van der Waals surface area contributed by atoms with Crippen molar-refractivity contribution in [2.75, 3.05) is 4.90 Å². The Morgan fingerprint density at radius 2 is 1.08 bits per heavy atom. The van der Waals surface area contributed by atoms with Crippen molar-refractivity contribution in [2.24, 2.45) is 7.05 Å². The Kier molecular flexibility index (Phi) is 4.31. The Balaban J connectivity index is 1.35. The Morgan fingerprint density at radius 1 is 0.487 bits per heavy atom. The van der Waals surface area contributed by atoms with Crippen LogP contribution in [0.1, 0.15) is 49.9 Å². The number of anilines is 3. The van der Waals surface area contributed by atoms with Gasteiger partial charge in [-0.1, -0.05) is 88.4 Å². The molecule has 190 valence electrons. The van der Waals surface area contributed by atoms with Crippen LogP contribution in [-0.4, -0.2) is 4.57 Å². The van der Waals surface area contributed by atoms with Gasteiger partial charge in [-0.15, -0.1) is 0 Å². The molecule has 0 saturated carbocycles. The van der Waals surface area contributed by atoms with Crippen molar-refractivity contribution < 1.29 is 0 Å². The third kappa shape index (κ3) is 2.81. The van der Waals surface area contributed by atoms with Crippen molar-refractivity contribution in [1.29, 1.82) is 0 Å². The molecule has 0 atom stereocenters. The highest BCUT2D eigenvalue weighted by molar-refractivity contribution is 6.10. The van der Waals surface area contributed by atoms with Crippen LogP contribution in [0, 0.1) is 0 Å². The average molecular weight is 505 g/mol. The molecule has 0 fully saturated rings. The van der Waals surface area contributed by atoms with Gasteiger partial charge in [0.1, 0.15) is 0 Å². The number of fused-ring (bicyclic) bond motifs is 8. The number of aryl methyl sites for hydroxylation is 1. The zero-order valence-corrected chi connectivity index (χ0v) is 23.2. The fourth-order valence-corrected chi connectivity index (χ4v) is 7.46. The van der Waals surface area contributed by atoms with Crippen molar-refractivity contribution >= 4 is 38.9 Å². The molecule has 0 N–H and O–H groups in total. The van der Waals surface area contributed by atoms with Crippen LogP contribution in [0.25, 0.3) is 32.9 Å². The van der Waals surface area contributed by atoms with Crippen LogP contribution in [0.2, 0.25) is 0 Å². The number of para-hydroxylation sites is 3. The van der Waals surface area contributed by atoms with Crippen LogP contribution in [0.4, 0.5) is 17.1 Å². The van der Waals surface area contributed by atoms with Crippen LogP contribution < -0.4 is 4.90 Å². The van der Waals surface area contributed by atoms with E-state index in [1.165, 1.54) is 72.2 Å². The molecule has 1 aliphatic heterocycles. The first kappa shape index (κ1) is 22.7. The molecule has 2 heterocycles. The van der Waals surface area contributed by atoms with E-state index in [4.69, 9.17) is 0 Å². The highest BCUT2D eigenvalue weighted by Gasteiger charge is 2.39. The van der Waals surface area contributed by atoms with E-state index in [9.17, 15) is 0 Å². The Bertz CT molecular complexity index is 1940. The summed E-state index contributed by atoms with van der Waals surface area (Å²) in [6.45, 7) is 9.47. The molecule has 6 aromatic rings. The monoisotopic (exact) mass is 504 g/mol. The van der Waals surface area contributed by atoms with Crippen LogP contribution in [-0.2, 0) is 17.9 Å². The van der Waals surface area contributed by atoms with Gasteiger partial charge in [-0.3, -0.25) is 0 Å². The van der Waals surface area contributed by atoms with Crippen LogP contribution in [0.3, 0.4) is 0 Å². The normalized spacial score (nSPS) is 16.2. The van der Waals surface area contributed by atoms with E-state index in [0.717, 1.165) is 0 Å². The molecular weight excluding hydrogens is 472 g/mol. The van der Waals surface area contributed by atoms with Crippen molar-refractivity contribution in [1.82, 2.24) is 4.57 Å². The topological polar surface area (TPSA) is 8.17 Å². The molecule has 0 amide bonds. The lowest BCUT2D eigenvalue weighted by Crippen LogP contribution is -2.30. The standard InChI is InChI=1S/C37H32N2/c1-36(2)28-13-7-10-16-33(28)39(34-17-11-8-14-29(34)36)23-18-19-24-26-22-35-27(21-31(26)37(3,4)30(24)20-23)25-12-6-9-15-32(25)38(35)5/h6-22H,1-5H3. The van der Waals surface area contributed by atoms with E-state index < -0.39 is 0 Å². The van der Waals surface area contributed by atoms with Gasteiger partial charge < -0.3 is 9.47 Å². The molecule has 2 aliphatic rings. The second-order valence-electron chi connectivity index (χ2n) is 12.3. The number of benzene rings is 5. The lowest BCUT2D eigenvalue weighted by molar-refractivity contribution is 0.631. The zero-order valence-electron chi connectivity index (χ0n) is 23.2.